The van der Waals surface area contributed by atoms with E-state index in [1.807, 2.05) is 58.0 Å². The Kier molecular flexibility index (Phi) is 3.75. The molecule has 0 aromatic heterocycles. The molecule has 4 N–H and O–H groups in total. The van der Waals surface area contributed by atoms with Crippen molar-refractivity contribution in [3.05, 3.63) is 30.3 Å². The minimum absolute atomic E-state index is 0.0567. The van der Waals surface area contributed by atoms with Crippen LogP contribution < -0.4 is 11.1 Å². The molecule has 20 heavy (non-hydrogen) atoms. The SMILES string of the molecule is CC1(C)CC(N=C(N)Nc2ccccc2)C(C)(C)N1O. The van der Waals surface area contributed by atoms with Crippen LogP contribution in [-0.4, -0.2) is 33.3 Å². The largest absolute Gasteiger partial charge is 0.370 e. The number of hydrogen-bond donors (Lipinski definition) is 3. The Bertz CT molecular complexity index is 496. The Morgan fingerprint density at radius 2 is 1.90 bits per heavy atom. The van der Waals surface area contributed by atoms with Gasteiger partial charge in [-0.1, -0.05) is 18.2 Å². The van der Waals surface area contributed by atoms with Gasteiger partial charge in [0.15, 0.2) is 5.96 Å². The second kappa shape index (κ2) is 5.07. The summed E-state index contributed by atoms with van der Waals surface area (Å²) in [6, 6.07) is 9.64. The minimum Gasteiger partial charge on any atom is -0.370 e. The Labute approximate surface area is 120 Å². The molecule has 1 aliphatic heterocycles. The number of hydrogen-bond acceptors (Lipinski definition) is 3. The smallest absolute Gasteiger partial charge is 0.193 e. The second-order valence-electron chi connectivity index (χ2n) is 6.50. The maximum Gasteiger partial charge on any atom is 0.193 e. The van der Waals surface area contributed by atoms with Gasteiger partial charge in [-0.05, 0) is 46.2 Å². The summed E-state index contributed by atoms with van der Waals surface area (Å²) < 4.78 is 0. The molecule has 0 radical (unpaired) electrons. The Balaban J connectivity index is 2.14. The number of nitrogens with two attached hydrogens (primary N) is 1. The molecule has 1 atom stereocenters. The molecule has 5 heteroatoms. The van der Waals surface area contributed by atoms with E-state index in [0.29, 0.717) is 5.96 Å². The van der Waals surface area contributed by atoms with Gasteiger partial charge in [0.05, 0.1) is 11.6 Å². The van der Waals surface area contributed by atoms with E-state index in [1.54, 1.807) is 0 Å². The summed E-state index contributed by atoms with van der Waals surface area (Å²) in [5.41, 5.74) is 6.15. The third-order valence-electron chi connectivity index (χ3n) is 3.97. The van der Waals surface area contributed by atoms with E-state index in [0.717, 1.165) is 12.1 Å². The monoisotopic (exact) mass is 276 g/mol. The molecule has 0 aliphatic carbocycles. The first kappa shape index (κ1) is 14.8. The summed E-state index contributed by atoms with van der Waals surface area (Å²) in [7, 11) is 0. The third kappa shape index (κ3) is 2.78. The Morgan fingerprint density at radius 3 is 2.40 bits per heavy atom. The highest BCUT2D eigenvalue weighted by Crippen LogP contribution is 2.40. The quantitative estimate of drug-likeness (QED) is 0.573. The predicted octanol–water partition coefficient (Wildman–Crippen LogP) is 2.43. The van der Waals surface area contributed by atoms with Crippen LogP contribution in [0.15, 0.2) is 35.3 Å². The number of nitrogens with zero attached hydrogens (tertiary/aromatic N) is 2. The van der Waals surface area contributed by atoms with Crippen molar-refractivity contribution >= 4 is 11.6 Å². The van der Waals surface area contributed by atoms with Gasteiger partial charge in [0, 0.05) is 11.2 Å². The first-order chi connectivity index (χ1) is 9.23. The number of aliphatic imine (C=N–C) groups is 1. The van der Waals surface area contributed by atoms with Crippen LogP contribution >= 0.6 is 0 Å². The fourth-order valence-electron chi connectivity index (χ4n) is 2.80. The molecular formula is C15H24N4O. The fourth-order valence-corrected chi connectivity index (χ4v) is 2.80. The first-order valence-electron chi connectivity index (χ1n) is 6.88. The van der Waals surface area contributed by atoms with Crippen molar-refractivity contribution in [2.24, 2.45) is 10.7 Å². The summed E-state index contributed by atoms with van der Waals surface area (Å²) >= 11 is 0. The number of nitrogens with one attached hydrogen (secondary N) is 1. The number of hydroxylamine groups is 2. The van der Waals surface area contributed by atoms with Crippen LogP contribution in [0.25, 0.3) is 0 Å². The number of guanidine groups is 1. The third-order valence-corrected chi connectivity index (χ3v) is 3.97. The van der Waals surface area contributed by atoms with Crippen LogP contribution in [0.4, 0.5) is 5.69 Å². The van der Waals surface area contributed by atoms with Gasteiger partial charge in [-0.15, -0.1) is 0 Å². The molecule has 1 saturated heterocycles. The maximum atomic E-state index is 10.3. The van der Waals surface area contributed by atoms with Crippen molar-refractivity contribution < 1.29 is 5.21 Å². The molecule has 1 heterocycles. The average molecular weight is 276 g/mol. The standard InChI is InChI=1S/C15H24N4O/c1-14(2)10-12(15(3,4)19(14)20)18-13(16)17-11-8-6-5-7-9-11/h5-9,12,20H,10H2,1-4H3,(H3,16,17,18). The van der Waals surface area contributed by atoms with E-state index < -0.39 is 5.54 Å². The molecule has 1 aromatic rings. The summed E-state index contributed by atoms with van der Waals surface area (Å²) in [5.74, 6) is 0.375. The van der Waals surface area contributed by atoms with E-state index >= 15 is 0 Å². The van der Waals surface area contributed by atoms with Crippen molar-refractivity contribution in [3.63, 3.8) is 0 Å². The molecule has 1 fully saturated rings. The van der Waals surface area contributed by atoms with Crippen molar-refractivity contribution in [1.82, 2.24) is 5.06 Å². The topological polar surface area (TPSA) is 73.9 Å². The van der Waals surface area contributed by atoms with E-state index in [4.69, 9.17) is 5.73 Å². The minimum atomic E-state index is -0.438. The lowest BCUT2D eigenvalue weighted by molar-refractivity contribution is -0.193. The van der Waals surface area contributed by atoms with Crippen LogP contribution in [0.2, 0.25) is 0 Å². The van der Waals surface area contributed by atoms with Crippen molar-refractivity contribution in [2.75, 3.05) is 5.32 Å². The molecule has 1 aromatic carbocycles. The van der Waals surface area contributed by atoms with Crippen LogP contribution in [-0.2, 0) is 0 Å². The number of anilines is 1. The first-order valence-corrected chi connectivity index (χ1v) is 6.88. The molecule has 5 nitrogen and oxygen atoms in total. The summed E-state index contributed by atoms with van der Waals surface area (Å²) in [4.78, 5) is 4.55. The van der Waals surface area contributed by atoms with E-state index in [1.165, 1.54) is 5.06 Å². The van der Waals surface area contributed by atoms with Crippen molar-refractivity contribution in [2.45, 2.75) is 51.2 Å². The zero-order chi connectivity index (χ0) is 15.0. The summed E-state index contributed by atoms with van der Waals surface area (Å²) in [6.45, 7) is 7.97. The normalized spacial score (nSPS) is 25.6. The van der Waals surface area contributed by atoms with Gasteiger partial charge < -0.3 is 16.3 Å². The van der Waals surface area contributed by atoms with E-state index in [9.17, 15) is 5.21 Å². The van der Waals surface area contributed by atoms with E-state index in [-0.39, 0.29) is 11.6 Å². The lowest BCUT2D eigenvalue weighted by atomic mass is 9.95. The average Bonchev–Trinajstić information content (AvgIpc) is 2.51. The molecule has 2 rings (SSSR count). The number of para-hydroxylation sites is 1. The molecular weight excluding hydrogens is 252 g/mol. The van der Waals surface area contributed by atoms with Gasteiger partial charge in [0.25, 0.3) is 0 Å². The summed E-state index contributed by atoms with van der Waals surface area (Å²) in [6.07, 6.45) is 0.758. The van der Waals surface area contributed by atoms with Crippen LogP contribution in [0.5, 0.6) is 0 Å². The van der Waals surface area contributed by atoms with Crippen LogP contribution in [0.1, 0.15) is 34.1 Å². The molecule has 110 valence electrons. The number of benzene rings is 1. The van der Waals surface area contributed by atoms with Crippen LogP contribution in [0.3, 0.4) is 0 Å². The molecule has 0 spiro atoms. The van der Waals surface area contributed by atoms with Gasteiger partial charge in [-0.3, -0.25) is 0 Å². The predicted molar refractivity (Wildman–Crippen MR) is 81.9 cm³/mol. The highest BCUT2D eigenvalue weighted by atomic mass is 16.5. The zero-order valence-corrected chi connectivity index (χ0v) is 12.6. The Hall–Kier alpha value is -1.59. The fraction of sp³-hybridized carbons (Fsp3) is 0.533. The van der Waals surface area contributed by atoms with Gasteiger partial charge in [-0.2, -0.15) is 5.06 Å². The van der Waals surface area contributed by atoms with Crippen molar-refractivity contribution in [3.8, 4) is 0 Å². The molecule has 1 unspecified atom stereocenters. The highest BCUT2D eigenvalue weighted by Gasteiger charge is 2.51. The molecule has 1 aliphatic rings. The van der Waals surface area contributed by atoms with Gasteiger partial charge in [-0.25, -0.2) is 4.99 Å². The van der Waals surface area contributed by atoms with Crippen LogP contribution in [0, 0.1) is 0 Å². The second-order valence-corrected chi connectivity index (χ2v) is 6.50. The van der Waals surface area contributed by atoms with Gasteiger partial charge in [0.1, 0.15) is 0 Å². The van der Waals surface area contributed by atoms with Crippen molar-refractivity contribution in [1.29, 1.82) is 0 Å². The molecule has 0 saturated carbocycles. The lowest BCUT2D eigenvalue weighted by Crippen LogP contribution is -2.48. The zero-order valence-electron chi connectivity index (χ0n) is 12.6. The molecule has 0 amide bonds. The van der Waals surface area contributed by atoms with E-state index in [2.05, 4.69) is 10.3 Å². The lowest BCUT2D eigenvalue weighted by Gasteiger charge is -2.34. The molecule has 0 bridgehead atoms. The maximum absolute atomic E-state index is 10.3. The Morgan fingerprint density at radius 1 is 1.30 bits per heavy atom. The highest BCUT2D eigenvalue weighted by molar-refractivity contribution is 5.92. The number of rotatable bonds is 2. The summed E-state index contributed by atoms with van der Waals surface area (Å²) in [5, 5.41) is 14.7. The van der Waals surface area contributed by atoms with Gasteiger partial charge in [0.2, 0.25) is 0 Å². The van der Waals surface area contributed by atoms with Gasteiger partial charge >= 0.3 is 0 Å².